The molecule has 0 rings (SSSR count). The van der Waals surface area contributed by atoms with Crippen molar-refractivity contribution in [1.29, 1.82) is 0 Å². The second-order valence-electron chi connectivity index (χ2n) is 2.00. The summed E-state index contributed by atoms with van der Waals surface area (Å²) in [6, 6.07) is 0. The molecule has 0 aliphatic heterocycles. The van der Waals surface area contributed by atoms with Gasteiger partial charge in [-0.2, -0.15) is 0 Å². The van der Waals surface area contributed by atoms with Crippen LogP contribution in [-0.2, 0) is 4.74 Å². The fourth-order valence-electron chi connectivity index (χ4n) is 0.599. The molecule has 0 spiro atoms. The maximum absolute atomic E-state index is 4.93. The monoisotopic (exact) mass is 210 g/mol. The van der Waals surface area contributed by atoms with Gasteiger partial charge in [-0.25, -0.2) is 0 Å². The molecule has 0 amide bonds. The van der Waals surface area contributed by atoms with Crippen LogP contribution in [0.3, 0.4) is 0 Å². The molecule has 0 radical (unpaired) electrons. The minimum absolute atomic E-state index is 0.602. The van der Waals surface area contributed by atoms with E-state index in [2.05, 4.69) is 13.2 Å². The molecule has 0 bridgehead atoms. The van der Waals surface area contributed by atoms with Gasteiger partial charge in [0.25, 0.3) is 0 Å². The van der Waals surface area contributed by atoms with E-state index in [-0.39, 0.29) is 0 Å². The van der Waals surface area contributed by atoms with Crippen LogP contribution in [0.2, 0.25) is 0 Å². The van der Waals surface area contributed by atoms with E-state index in [0.29, 0.717) is 6.61 Å². The lowest BCUT2D eigenvalue weighted by atomic mass is 10.2. The first kappa shape index (κ1) is 19.5. The van der Waals surface area contributed by atoms with E-state index in [4.69, 9.17) is 4.74 Å². The minimum Gasteiger partial charge on any atom is -0.380 e. The van der Waals surface area contributed by atoms with Crippen LogP contribution >= 0.6 is 0 Å². The van der Waals surface area contributed by atoms with Crippen molar-refractivity contribution in [3.63, 3.8) is 0 Å². The van der Waals surface area contributed by atoms with E-state index >= 15 is 0 Å². The molecule has 15 heavy (non-hydrogen) atoms. The summed E-state index contributed by atoms with van der Waals surface area (Å²) in [5, 5.41) is 0. The Hall–Kier alpha value is -1.08. The molecular weight excluding hydrogens is 184 g/mol. The Morgan fingerprint density at radius 3 is 1.93 bits per heavy atom. The molecule has 0 saturated heterocycles. The molecule has 0 aromatic rings. The van der Waals surface area contributed by atoms with Crippen molar-refractivity contribution < 1.29 is 4.74 Å². The highest BCUT2D eigenvalue weighted by molar-refractivity contribution is 5.23. The Balaban J connectivity index is -0.000000318. The van der Waals surface area contributed by atoms with Gasteiger partial charge in [0, 0.05) is 7.11 Å². The molecule has 0 aromatic carbocycles. The Kier molecular flexibility index (Phi) is 30.0. The SMILES string of the molecule is C=C/C=C\C=C(/C=C)COC.CC.CC. The summed E-state index contributed by atoms with van der Waals surface area (Å²) in [4.78, 5) is 0. The quantitative estimate of drug-likeness (QED) is 0.605. The van der Waals surface area contributed by atoms with Crippen molar-refractivity contribution in [1.82, 2.24) is 0 Å². The van der Waals surface area contributed by atoms with Gasteiger partial charge in [-0.1, -0.05) is 71.2 Å². The Morgan fingerprint density at radius 1 is 1.07 bits per heavy atom. The summed E-state index contributed by atoms with van der Waals surface area (Å²) in [5.41, 5.74) is 1.06. The van der Waals surface area contributed by atoms with E-state index in [1.807, 2.05) is 45.9 Å². The smallest absolute Gasteiger partial charge is 0.0712 e. The fraction of sp³-hybridized carbons (Fsp3) is 0.429. The van der Waals surface area contributed by atoms with E-state index in [0.717, 1.165) is 5.57 Å². The highest BCUT2D eigenvalue weighted by Crippen LogP contribution is 1.96. The third-order valence-electron chi connectivity index (χ3n) is 1.13. The minimum atomic E-state index is 0.602. The van der Waals surface area contributed by atoms with Gasteiger partial charge < -0.3 is 4.74 Å². The molecule has 88 valence electrons. The van der Waals surface area contributed by atoms with Gasteiger partial charge >= 0.3 is 0 Å². The van der Waals surface area contributed by atoms with Crippen molar-refractivity contribution >= 4 is 0 Å². The maximum Gasteiger partial charge on any atom is 0.0712 e. The molecule has 1 heteroatoms. The van der Waals surface area contributed by atoms with Gasteiger partial charge in [0.15, 0.2) is 0 Å². The summed E-state index contributed by atoms with van der Waals surface area (Å²) >= 11 is 0. The van der Waals surface area contributed by atoms with Gasteiger partial charge in [-0.05, 0) is 5.57 Å². The topological polar surface area (TPSA) is 9.23 Å². The van der Waals surface area contributed by atoms with Crippen molar-refractivity contribution in [3.8, 4) is 0 Å². The number of allylic oxidation sites excluding steroid dienone is 4. The van der Waals surface area contributed by atoms with Crippen molar-refractivity contribution in [2.75, 3.05) is 13.7 Å². The number of methoxy groups -OCH3 is 1. The zero-order chi connectivity index (χ0) is 12.5. The van der Waals surface area contributed by atoms with E-state index in [1.54, 1.807) is 19.3 Å². The Morgan fingerprint density at radius 2 is 1.60 bits per heavy atom. The van der Waals surface area contributed by atoms with Crippen molar-refractivity contribution in [3.05, 3.63) is 49.1 Å². The number of hydrogen-bond acceptors (Lipinski definition) is 1. The lowest BCUT2D eigenvalue weighted by Crippen LogP contribution is -1.89. The van der Waals surface area contributed by atoms with E-state index in [9.17, 15) is 0 Å². The normalized spacial score (nSPS) is 9.53. The average molecular weight is 210 g/mol. The lowest BCUT2D eigenvalue weighted by Gasteiger charge is -1.96. The molecule has 0 unspecified atom stereocenters. The van der Waals surface area contributed by atoms with Crippen LogP contribution in [0.1, 0.15) is 27.7 Å². The van der Waals surface area contributed by atoms with Gasteiger partial charge in [0.1, 0.15) is 0 Å². The molecule has 0 N–H and O–H groups in total. The van der Waals surface area contributed by atoms with Crippen LogP contribution in [0.4, 0.5) is 0 Å². The van der Waals surface area contributed by atoms with Gasteiger partial charge in [0.05, 0.1) is 6.61 Å². The Bertz CT molecular complexity index is 176. The van der Waals surface area contributed by atoms with Crippen LogP contribution < -0.4 is 0 Å². The van der Waals surface area contributed by atoms with E-state index in [1.165, 1.54) is 0 Å². The molecule has 1 nitrogen and oxygen atoms in total. The lowest BCUT2D eigenvalue weighted by molar-refractivity contribution is 0.228. The second-order valence-corrected chi connectivity index (χ2v) is 2.00. The summed E-state index contributed by atoms with van der Waals surface area (Å²) in [6.45, 7) is 15.8. The molecule has 0 aliphatic carbocycles. The van der Waals surface area contributed by atoms with Crippen LogP contribution in [0.5, 0.6) is 0 Å². The standard InChI is InChI=1S/C10H14O.2C2H6/c1-4-6-7-8-10(5-2)9-11-3;2*1-2/h4-8H,1-2,9H2,3H3;2*1-2H3/b7-6-,10-8+;;. The van der Waals surface area contributed by atoms with E-state index < -0.39 is 0 Å². The van der Waals surface area contributed by atoms with Gasteiger partial charge in [0.2, 0.25) is 0 Å². The summed E-state index contributed by atoms with van der Waals surface area (Å²) < 4.78 is 4.93. The molecule has 0 fully saturated rings. The Labute approximate surface area is 95.9 Å². The number of ether oxygens (including phenoxy) is 1. The van der Waals surface area contributed by atoms with Crippen LogP contribution in [-0.4, -0.2) is 13.7 Å². The highest BCUT2D eigenvalue weighted by atomic mass is 16.5. The first-order chi connectivity index (χ1) is 7.35. The molecule has 0 atom stereocenters. The zero-order valence-corrected chi connectivity index (χ0v) is 10.9. The first-order valence-electron chi connectivity index (χ1n) is 5.44. The third kappa shape index (κ3) is 19.4. The summed E-state index contributed by atoms with van der Waals surface area (Å²) in [6.07, 6.45) is 9.21. The third-order valence-corrected chi connectivity index (χ3v) is 1.13. The summed E-state index contributed by atoms with van der Waals surface area (Å²) in [5.74, 6) is 0. The van der Waals surface area contributed by atoms with Gasteiger partial charge in [-0.3, -0.25) is 0 Å². The predicted molar refractivity (Wildman–Crippen MR) is 72.2 cm³/mol. The largest absolute Gasteiger partial charge is 0.380 e. The van der Waals surface area contributed by atoms with Crippen molar-refractivity contribution in [2.45, 2.75) is 27.7 Å². The van der Waals surface area contributed by atoms with Crippen LogP contribution in [0.15, 0.2) is 49.1 Å². The fourth-order valence-corrected chi connectivity index (χ4v) is 0.599. The molecule has 0 saturated carbocycles. The maximum atomic E-state index is 4.93. The molecule has 0 aliphatic rings. The van der Waals surface area contributed by atoms with Crippen molar-refractivity contribution in [2.24, 2.45) is 0 Å². The van der Waals surface area contributed by atoms with Crippen LogP contribution in [0.25, 0.3) is 0 Å². The second kappa shape index (κ2) is 23.1. The predicted octanol–water partition coefficient (Wildman–Crippen LogP) is 4.54. The van der Waals surface area contributed by atoms with Gasteiger partial charge in [-0.15, -0.1) is 0 Å². The molecule has 0 aromatic heterocycles. The zero-order valence-electron chi connectivity index (χ0n) is 10.9. The van der Waals surface area contributed by atoms with Crippen LogP contribution in [0, 0.1) is 0 Å². The molecule has 0 heterocycles. The molecular formula is C14H26O. The highest BCUT2D eigenvalue weighted by Gasteiger charge is 1.85. The first-order valence-corrected chi connectivity index (χ1v) is 5.44. The number of hydrogen-bond donors (Lipinski definition) is 0. The summed E-state index contributed by atoms with van der Waals surface area (Å²) in [7, 11) is 1.66. The number of rotatable bonds is 5. The average Bonchev–Trinajstić information content (AvgIpc) is 2.33.